The van der Waals surface area contributed by atoms with Gasteiger partial charge >= 0.3 is 0 Å². The molecule has 7 nitrogen and oxygen atoms in total. The van der Waals surface area contributed by atoms with Crippen LogP contribution in [0.25, 0.3) is 22.3 Å². The quantitative estimate of drug-likeness (QED) is 0.763. The molecule has 2 N–H and O–H groups in total. The minimum Gasteiger partial charge on any atom is -0.393 e. The number of nitriles is 1. The molecule has 0 amide bonds. The summed E-state index contributed by atoms with van der Waals surface area (Å²) in [6, 6.07) is 4.13. The lowest BCUT2D eigenvalue weighted by Gasteiger charge is -2.44. The van der Waals surface area contributed by atoms with Gasteiger partial charge in [0.05, 0.1) is 36.0 Å². The molecule has 0 atom stereocenters. The predicted octanol–water partition coefficient (Wildman–Crippen LogP) is 1.59. The number of rotatable bonds is 3. The largest absolute Gasteiger partial charge is 0.393 e. The lowest BCUT2D eigenvalue weighted by molar-refractivity contribution is -0.0268. The fourth-order valence-electron chi connectivity index (χ4n) is 3.18. The van der Waals surface area contributed by atoms with E-state index >= 15 is 0 Å². The van der Waals surface area contributed by atoms with Gasteiger partial charge < -0.3 is 10.1 Å². The van der Waals surface area contributed by atoms with Crippen molar-refractivity contribution in [2.24, 2.45) is 0 Å². The molecule has 1 saturated carbocycles. The number of hydrogen-bond acceptors (Lipinski definition) is 5. The van der Waals surface area contributed by atoms with E-state index in [1.165, 1.54) is 6.33 Å². The van der Waals surface area contributed by atoms with E-state index in [2.05, 4.69) is 26.1 Å². The first-order valence-electron chi connectivity index (χ1n) is 7.10. The maximum Gasteiger partial charge on any atom is 0.141 e. The van der Waals surface area contributed by atoms with Gasteiger partial charge in [-0.15, -0.1) is 0 Å². The number of H-pyrrole nitrogens is 1. The molecule has 1 fully saturated rings. The minimum absolute atomic E-state index is 0.342. The van der Waals surface area contributed by atoms with Gasteiger partial charge in [-0.05, 0) is 18.9 Å². The van der Waals surface area contributed by atoms with Gasteiger partial charge in [-0.3, -0.25) is 4.68 Å². The normalized spacial score (nSPS) is 24.1. The number of aromatic amines is 1. The van der Waals surface area contributed by atoms with Gasteiger partial charge in [0.2, 0.25) is 0 Å². The maximum atomic E-state index is 9.63. The van der Waals surface area contributed by atoms with E-state index < -0.39 is 5.54 Å². The van der Waals surface area contributed by atoms with Crippen LogP contribution in [0.5, 0.6) is 0 Å². The maximum absolute atomic E-state index is 9.63. The Bertz CT molecular complexity index is 867. The zero-order valence-corrected chi connectivity index (χ0v) is 11.8. The average Bonchev–Trinajstić information content (AvgIpc) is 3.14. The van der Waals surface area contributed by atoms with Gasteiger partial charge in [-0.1, -0.05) is 0 Å². The van der Waals surface area contributed by atoms with Crippen LogP contribution in [-0.2, 0) is 5.54 Å². The minimum atomic E-state index is -0.392. The van der Waals surface area contributed by atoms with Crippen LogP contribution in [-0.4, -0.2) is 35.9 Å². The second-order valence-corrected chi connectivity index (χ2v) is 5.76. The lowest BCUT2D eigenvalue weighted by atomic mass is 9.72. The number of aromatic nitrogens is 5. The number of aliphatic hydroxyl groups is 1. The first kappa shape index (κ1) is 13.0. The third kappa shape index (κ3) is 1.81. The summed E-state index contributed by atoms with van der Waals surface area (Å²) in [4.78, 5) is 11.6. The second kappa shape index (κ2) is 4.64. The molecule has 22 heavy (non-hydrogen) atoms. The molecule has 0 radical (unpaired) electrons. The van der Waals surface area contributed by atoms with Crippen molar-refractivity contribution < 1.29 is 5.11 Å². The number of fused-ring (bicyclic) bond motifs is 1. The van der Waals surface area contributed by atoms with Crippen molar-refractivity contribution >= 4 is 11.0 Å². The summed E-state index contributed by atoms with van der Waals surface area (Å²) in [7, 11) is 0. The van der Waals surface area contributed by atoms with Crippen LogP contribution < -0.4 is 0 Å². The molecule has 0 unspecified atom stereocenters. The van der Waals surface area contributed by atoms with Crippen LogP contribution in [0, 0.1) is 11.3 Å². The molecular weight excluding hydrogens is 280 g/mol. The molecule has 0 bridgehead atoms. The lowest BCUT2D eigenvalue weighted by Crippen LogP contribution is -2.49. The smallest absolute Gasteiger partial charge is 0.141 e. The van der Waals surface area contributed by atoms with Gasteiger partial charge in [-0.25, -0.2) is 9.97 Å². The standard InChI is InChI=1S/C15H14N6O/c16-3-2-15(5-11(22)6-15)21-8-10(7-20-21)13-12-1-4-17-14(12)19-9-18-13/h1,4,7-9,11,22H,2,5-6H2,(H,17,18,19)/t11-,15+. The van der Waals surface area contributed by atoms with Crippen LogP contribution >= 0.6 is 0 Å². The molecule has 3 heterocycles. The van der Waals surface area contributed by atoms with E-state index in [0.29, 0.717) is 19.3 Å². The molecule has 0 spiro atoms. The van der Waals surface area contributed by atoms with Crippen molar-refractivity contribution in [1.29, 1.82) is 5.26 Å². The Morgan fingerprint density at radius 3 is 3.09 bits per heavy atom. The summed E-state index contributed by atoms with van der Waals surface area (Å²) in [6.07, 6.45) is 8.11. The molecule has 0 aromatic carbocycles. The second-order valence-electron chi connectivity index (χ2n) is 5.76. The Labute approximate surface area is 126 Å². The Morgan fingerprint density at radius 1 is 1.45 bits per heavy atom. The highest BCUT2D eigenvalue weighted by Gasteiger charge is 2.45. The Balaban J connectivity index is 1.76. The first-order valence-corrected chi connectivity index (χ1v) is 7.10. The van der Waals surface area contributed by atoms with Crippen molar-refractivity contribution in [3.05, 3.63) is 31.0 Å². The molecule has 0 saturated heterocycles. The van der Waals surface area contributed by atoms with Crippen LogP contribution in [0.4, 0.5) is 0 Å². The summed E-state index contributed by atoms with van der Waals surface area (Å²) in [5, 5.41) is 24.0. The van der Waals surface area contributed by atoms with Crippen LogP contribution in [0.15, 0.2) is 31.0 Å². The molecule has 1 aliphatic rings. The molecule has 1 aliphatic carbocycles. The number of hydrogen-bond donors (Lipinski definition) is 2. The molecular formula is C15H14N6O. The Kier molecular flexibility index (Phi) is 2.74. The first-order chi connectivity index (χ1) is 10.7. The molecule has 3 aromatic heterocycles. The topological polar surface area (TPSA) is 103 Å². The van der Waals surface area contributed by atoms with Crippen LogP contribution in [0.1, 0.15) is 19.3 Å². The zero-order valence-electron chi connectivity index (χ0n) is 11.8. The van der Waals surface area contributed by atoms with E-state index in [-0.39, 0.29) is 6.10 Å². The highest BCUT2D eigenvalue weighted by Crippen LogP contribution is 2.42. The SMILES string of the molecule is N#CC[C@]1(n2cc(-c3ncnc4[nH]ccc34)cn2)C[C@@H](O)C1. The van der Waals surface area contributed by atoms with Gasteiger partial charge in [-0.2, -0.15) is 10.4 Å². The van der Waals surface area contributed by atoms with E-state index in [1.807, 2.05) is 18.5 Å². The van der Waals surface area contributed by atoms with Crippen molar-refractivity contribution in [3.8, 4) is 17.3 Å². The van der Waals surface area contributed by atoms with Crippen molar-refractivity contribution in [3.63, 3.8) is 0 Å². The van der Waals surface area contributed by atoms with Gasteiger partial charge in [0.15, 0.2) is 0 Å². The van der Waals surface area contributed by atoms with E-state index in [4.69, 9.17) is 5.26 Å². The molecule has 3 aromatic rings. The Morgan fingerprint density at radius 2 is 2.32 bits per heavy atom. The highest BCUT2D eigenvalue weighted by atomic mass is 16.3. The summed E-state index contributed by atoms with van der Waals surface area (Å²) in [6.45, 7) is 0. The van der Waals surface area contributed by atoms with E-state index in [0.717, 1.165) is 22.3 Å². The summed E-state index contributed by atoms with van der Waals surface area (Å²) < 4.78 is 1.80. The zero-order chi connectivity index (χ0) is 15.2. The molecule has 4 rings (SSSR count). The third-order valence-corrected chi connectivity index (χ3v) is 4.34. The summed E-state index contributed by atoms with van der Waals surface area (Å²) in [5.74, 6) is 0. The third-order valence-electron chi connectivity index (χ3n) is 4.34. The van der Waals surface area contributed by atoms with Gasteiger partial charge in [0.25, 0.3) is 0 Å². The highest BCUT2D eigenvalue weighted by molar-refractivity contribution is 5.89. The Hall–Kier alpha value is -2.72. The van der Waals surface area contributed by atoms with E-state index in [1.54, 1.807) is 10.9 Å². The van der Waals surface area contributed by atoms with Gasteiger partial charge in [0.1, 0.15) is 12.0 Å². The van der Waals surface area contributed by atoms with Crippen molar-refractivity contribution in [2.75, 3.05) is 0 Å². The molecule has 7 heteroatoms. The van der Waals surface area contributed by atoms with E-state index in [9.17, 15) is 5.11 Å². The van der Waals surface area contributed by atoms with Crippen LogP contribution in [0.3, 0.4) is 0 Å². The summed E-state index contributed by atoms with van der Waals surface area (Å²) >= 11 is 0. The van der Waals surface area contributed by atoms with Crippen LogP contribution in [0.2, 0.25) is 0 Å². The predicted molar refractivity (Wildman–Crippen MR) is 78.6 cm³/mol. The number of nitrogens with one attached hydrogen (secondary N) is 1. The van der Waals surface area contributed by atoms with Crippen molar-refractivity contribution in [2.45, 2.75) is 30.9 Å². The molecule has 0 aliphatic heterocycles. The average molecular weight is 294 g/mol. The monoisotopic (exact) mass is 294 g/mol. The fraction of sp³-hybridized carbons (Fsp3) is 0.333. The van der Waals surface area contributed by atoms with Crippen molar-refractivity contribution in [1.82, 2.24) is 24.7 Å². The number of aliphatic hydroxyl groups excluding tert-OH is 1. The molecule has 110 valence electrons. The fourth-order valence-corrected chi connectivity index (χ4v) is 3.18. The summed E-state index contributed by atoms with van der Waals surface area (Å²) in [5.41, 5.74) is 2.08. The number of nitrogens with zero attached hydrogens (tertiary/aromatic N) is 5. The van der Waals surface area contributed by atoms with Gasteiger partial charge in [0, 0.05) is 23.3 Å².